The zero-order chi connectivity index (χ0) is 11.1. The standard InChI is InChI=1S/C11H14BrNO2/c1-2-6-13-11(14)9-4-3-5-10(7-9)15-8-12/h3-5,7H,2,6,8H2,1H3,(H,13,14). The maximum Gasteiger partial charge on any atom is 0.251 e. The van der Waals surface area contributed by atoms with Crippen molar-refractivity contribution in [3.63, 3.8) is 0 Å². The van der Waals surface area contributed by atoms with E-state index < -0.39 is 0 Å². The summed E-state index contributed by atoms with van der Waals surface area (Å²) < 4.78 is 5.24. The largest absolute Gasteiger partial charge is 0.482 e. The summed E-state index contributed by atoms with van der Waals surface area (Å²) in [5, 5.41) is 2.81. The van der Waals surface area contributed by atoms with Gasteiger partial charge in [-0.2, -0.15) is 0 Å². The molecule has 0 aliphatic rings. The minimum atomic E-state index is -0.0585. The maximum atomic E-state index is 11.6. The molecule has 4 heteroatoms. The molecule has 0 fully saturated rings. The topological polar surface area (TPSA) is 38.3 Å². The number of halogens is 1. The molecule has 0 aromatic heterocycles. The first-order valence-electron chi connectivity index (χ1n) is 4.85. The van der Waals surface area contributed by atoms with E-state index in [0.29, 0.717) is 23.4 Å². The highest BCUT2D eigenvalue weighted by atomic mass is 79.9. The minimum Gasteiger partial charge on any atom is -0.482 e. The van der Waals surface area contributed by atoms with Gasteiger partial charge in [-0.15, -0.1) is 0 Å². The third-order valence-electron chi connectivity index (χ3n) is 1.85. The Kier molecular flexibility index (Phi) is 5.18. The van der Waals surface area contributed by atoms with Crippen LogP contribution in [-0.4, -0.2) is 18.0 Å². The molecule has 0 saturated heterocycles. The van der Waals surface area contributed by atoms with Gasteiger partial charge in [0.15, 0.2) is 0 Å². The molecule has 15 heavy (non-hydrogen) atoms. The summed E-state index contributed by atoms with van der Waals surface area (Å²) in [6.07, 6.45) is 0.934. The number of carbonyl (C=O) groups excluding carboxylic acids is 1. The Morgan fingerprint density at radius 3 is 3.00 bits per heavy atom. The van der Waals surface area contributed by atoms with Crippen LogP contribution in [-0.2, 0) is 0 Å². The molecule has 0 saturated carbocycles. The first-order valence-corrected chi connectivity index (χ1v) is 5.97. The first-order chi connectivity index (χ1) is 7.27. The molecule has 3 nitrogen and oxygen atoms in total. The summed E-state index contributed by atoms with van der Waals surface area (Å²) in [6.45, 7) is 2.72. The summed E-state index contributed by atoms with van der Waals surface area (Å²) >= 11 is 3.17. The van der Waals surface area contributed by atoms with E-state index in [9.17, 15) is 4.79 Å². The van der Waals surface area contributed by atoms with Gasteiger partial charge in [0, 0.05) is 12.1 Å². The number of hydrogen-bond donors (Lipinski definition) is 1. The number of nitrogens with one attached hydrogen (secondary N) is 1. The van der Waals surface area contributed by atoms with E-state index in [-0.39, 0.29) is 5.91 Å². The van der Waals surface area contributed by atoms with E-state index in [1.54, 1.807) is 18.2 Å². The quantitative estimate of drug-likeness (QED) is 0.836. The molecule has 1 rings (SSSR count). The smallest absolute Gasteiger partial charge is 0.251 e. The predicted octanol–water partition coefficient (Wildman–Crippen LogP) is 2.56. The predicted molar refractivity (Wildman–Crippen MR) is 63.5 cm³/mol. The zero-order valence-corrected chi connectivity index (χ0v) is 10.2. The fourth-order valence-corrected chi connectivity index (χ4v) is 1.40. The summed E-state index contributed by atoms with van der Waals surface area (Å²) in [5.41, 5.74) is 1.05. The molecule has 0 unspecified atom stereocenters. The zero-order valence-electron chi connectivity index (χ0n) is 8.63. The average molecular weight is 272 g/mol. The minimum absolute atomic E-state index is 0.0585. The molecule has 1 aromatic carbocycles. The van der Waals surface area contributed by atoms with Crippen molar-refractivity contribution in [3.8, 4) is 5.75 Å². The molecule has 1 aromatic rings. The molecule has 0 bridgehead atoms. The molecule has 0 aliphatic heterocycles. The normalized spacial score (nSPS) is 9.73. The fourth-order valence-electron chi connectivity index (χ4n) is 1.13. The van der Waals surface area contributed by atoms with Gasteiger partial charge in [-0.1, -0.05) is 13.0 Å². The van der Waals surface area contributed by atoms with E-state index in [4.69, 9.17) is 4.74 Å². The number of hydrogen-bond acceptors (Lipinski definition) is 2. The number of benzene rings is 1. The molecule has 0 radical (unpaired) electrons. The average Bonchev–Trinajstić information content (AvgIpc) is 2.27. The third-order valence-corrected chi connectivity index (χ3v) is 2.08. The van der Waals surface area contributed by atoms with Crippen LogP contribution in [0, 0.1) is 0 Å². The lowest BCUT2D eigenvalue weighted by molar-refractivity contribution is 0.0953. The Morgan fingerprint density at radius 1 is 1.53 bits per heavy atom. The summed E-state index contributed by atoms with van der Waals surface area (Å²) in [7, 11) is 0. The SMILES string of the molecule is CCCNC(=O)c1cccc(OCBr)c1. The second-order valence-corrected chi connectivity index (χ2v) is 3.50. The van der Waals surface area contributed by atoms with E-state index in [1.807, 2.05) is 13.0 Å². The Hall–Kier alpha value is -1.03. The van der Waals surface area contributed by atoms with Crippen LogP contribution in [0.1, 0.15) is 23.7 Å². The van der Waals surface area contributed by atoms with Crippen molar-refractivity contribution in [1.82, 2.24) is 5.32 Å². The van der Waals surface area contributed by atoms with Crippen LogP contribution in [0.25, 0.3) is 0 Å². The van der Waals surface area contributed by atoms with Crippen molar-refractivity contribution >= 4 is 21.8 Å². The van der Waals surface area contributed by atoms with Crippen LogP contribution in [0.3, 0.4) is 0 Å². The van der Waals surface area contributed by atoms with E-state index in [1.165, 1.54) is 0 Å². The molecule has 1 N–H and O–H groups in total. The highest BCUT2D eigenvalue weighted by Gasteiger charge is 2.04. The Bertz CT molecular complexity index is 328. The highest BCUT2D eigenvalue weighted by Crippen LogP contribution is 2.13. The Labute approximate surface area is 97.9 Å². The van der Waals surface area contributed by atoms with Crippen LogP contribution in [0.4, 0.5) is 0 Å². The van der Waals surface area contributed by atoms with Gasteiger partial charge in [-0.25, -0.2) is 0 Å². The van der Waals surface area contributed by atoms with E-state index >= 15 is 0 Å². The van der Waals surface area contributed by atoms with Crippen LogP contribution in [0.5, 0.6) is 5.75 Å². The second kappa shape index (κ2) is 6.45. The number of alkyl halides is 1. The van der Waals surface area contributed by atoms with Gasteiger partial charge in [0.25, 0.3) is 5.91 Å². The van der Waals surface area contributed by atoms with Crippen molar-refractivity contribution < 1.29 is 9.53 Å². The van der Waals surface area contributed by atoms with Crippen molar-refractivity contribution in [2.45, 2.75) is 13.3 Å². The Balaban J connectivity index is 2.67. The summed E-state index contributed by atoms with van der Waals surface area (Å²) in [6, 6.07) is 7.12. The van der Waals surface area contributed by atoms with Crippen molar-refractivity contribution in [1.29, 1.82) is 0 Å². The monoisotopic (exact) mass is 271 g/mol. The second-order valence-electron chi connectivity index (χ2n) is 3.04. The van der Waals surface area contributed by atoms with E-state index in [0.717, 1.165) is 6.42 Å². The summed E-state index contributed by atoms with van der Waals surface area (Å²) in [5.74, 6) is 0.632. The van der Waals surface area contributed by atoms with Crippen molar-refractivity contribution in [2.24, 2.45) is 0 Å². The van der Waals surface area contributed by atoms with Gasteiger partial charge in [-0.05, 0) is 40.5 Å². The number of ether oxygens (including phenoxy) is 1. The molecule has 0 spiro atoms. The van der Waals surface area contributed by atoms with Gasteiger partial charge in [-0.3, -0.25) is 4.79 Å². The lowest BCUT2D eigenvalue weighted by Gasteiger charge is -2.06. The molecule has 0 heterocycles. The molecule has 82 valence electrons. The van der Waals surface area contributed by atoms with Crippen molar-refractivity contribution in [3.05, 3.63) is 29.8 Å². The Morgan fingerprint density at radius 2 is 2.33 bits per heavy atom. The van der Waals surface area contributed by atoms with Crippen LogP contribution < -0.4 is 10.1 Å². The third kappa shape index (κ3) is 3.91. The molecular formula is C11H14BrNO2. The first kappa shape index (κ1) is 12.0. The lowest BCUT2D eigenvalue weighted by atomic mass is 10.2. The fraction of sp³-hybridized carbons (Fsp3) is 0.364. The van der Waals surface area contributed by atoms with Gasteiger partial charge in [0.1, 0.15) is 11.3 Å². The lowest BCUT2D eigenvalue weighted by Crippen LogP contribution is -2.23. The highest BCUT2D eigenvalue weighted by molar-refractivity contribution is 9.09. The van der Waals surface area contributed by atoms with Crippen LogP contribution in [0.15, 0.2) is 24.3 Å². The number of rotatable bonds is 5. The molecular weight excluding hydrogens is 258 g/mol. The van der Waals surface area contributed by atoms with Crippen molar-refractivity contribution in [2.75, 3.05) is 12.1 Å². The summed E-state index contributed by atoms with van der Waals surface area (Å²) in [4.78, 5) is 11.6. The van der Waals surface area contributed by atoms with Gasteiger partial charge < -0.3 is 10.1 Å². The molecule has 1 amide bonds. The maximum absolute atomic E-state index is 11.6. The molecule has 0 aliphatic carbocycles. The molecule has 0 atom stereocenters. The van der Waals surface area contributed by atoms with Gasteiger partial charge in [0.05, 0.1) is 0 Å². The van der Waals surface area contributed by atoms with Gasteiger partial charge >= 0.3 is 0 Å². The van der Waals surface area contributed by atoms with Crippen LogP contribution in [0.2, 0.25) is 0 Å². The number of amides is 1. The number of carbonyl (C=O) groups is 1. The van der Waals surface area contributed by atoms with E-state index in [2.05, 4.69) is 21.2 Å². The van der Waals surface area contributed by atoms with Gasteiger partial charge in [0.2, 0.25) is 0 Å². The van der Waals surface area contributed by atoms with Crippen LogP contribution >= 0.6 is 15.9 Å².